The summed E-state index contributed by atoms with van der Waals surface area (Å²) in [5.41, 5.74) is 0.659. The summed E-state index contributed by atoms with van der Waals surface area (Å²) in [5, 5.41) is 7.73. The molecule has 0 radical (unpaired) electrons. The van der Waals surface area contributed by atoms with Crippen LogP contribution in [0.15, 0.2) is 24.3 Å². The van der Waals surface area contributed by atoms with E-state index in [4.69, 9.17) is 23.8 Å². The topological polar surface area (TPSA) is 47.6 Å². The van der Waals surface area contributed by atoms with Gasteiger partial charge in [-0.15, -0.1) is 0 Å². The maximum Gasteiger partial charge on any atom is 0.238 e. The Morgan fingerprint density at radius 1 is 1.21 bits per heavy atom. The van der Waals surface area contributed by atoms with Gasteiger partial charge in [-0.2, -0.15) is 0 Å². The predicted octanol–water partition coefficient (Wildman–Crippen LogP) is 3.99. The lowest BCUT2D eigenvalue weighted by Gasteiger charge is -2.36. The Labute approximate surface area is 179 Å². The van der Waals surface area contributed by atoms with Gasteiger partial charge in [0.05, 0.1) is 17.3 Å². The zero-order chi connectivity index (χ0) is 20.4. The summed E-state index contributed by atoms with van der Waals surface area (Å²) in [7, 11) is 0. The second-order valence-corrected chi connectivity index (χ2v) is 8.19. The molecule has 5 nitrogen and oxygen atoms in total. The number of nitrogens with zero attached hydrogens (tertiary/aromatic N) is 2. The van der Waals surface area contributed by atoms with Crippen LogP contribution >= 0.6 is 23.8 Å². The van der Waals surface area contributed by atoms with Crippen LogP contribution in [0, 0.1) is 5.92 Å². The number of halogens is 1. The number of nitrogens with one attached hydrogen (secondary N) is 2. The van der Waals surface area contributed by atoms with Crippen LogP contribution in [0.4, 0.5) is 5.69 Å². The molecular formula is C21H33ClN4OS. The molecule has 0 saturated carbocycles. The van der Waals surface area contributed by atoms with Gasteiger partial charge in [-0.1, -0.05) is 56.8 Å². The van der Waals surface area contributed by atoms with E-state index in [0.29, 0.717) is 23.2 Å². The van der Waals surface area contributed by atoms with Gasteiger partial charge in [-0.05, 0) is 36.7 Å². The van der Waals surface area contributed by atoms with Gasteiger partial charge in [0.1, 0.15) is 0 Å². The van der Waals surface area contributed by atoms with Crippen LogP contribution in [0.25, 0.3) is 0 Å². The second kappa shape index (κ2) is 12.2. The van der Waals surface area contributed by atoms with Crippen LogP contribution in [0.5, 0.6) is 0 Å². The fourth-order valence-electron chi connectivity index (χ4n) is 3.35. The summed E-state index contributed by atoms with van der Waals surface area (Å²) < 4.78 is 0. The summed E-state index contributed by atoms with van der Waals surface area (Å²) in [6.07, 6.45) is 4.97. The number of piperazine rings is 1. The molecule has 0 bridgehead atoms. The van der Waals surface area contributed by atoms with Gasteiger partial charge < -0.3 is 15.5 Å². The van der Waals surface area contributed by atoms with Crippen molar-refractivity contribution < 1.29 is 4.79 Å². The molecule has 1 fully saturated rings. The molecule has 0 aliphatic carbocycles. The number of rotatable bonds is 9. The van der Waals surface area contributed by atoms with Crippen molar-refractivity contribution in [2.45, 2.75) is 39.5 Å². The molecule has 1 heterocycles. The van der Waals surface area contributed by atoms with Crippen molar-refractivity contribution in [1.29, 1.82) is 0 Å². The number of amides is 1. The predicted molar refractivity (Wildman–Crippen MR) is 122 cm³/mol. The molecule has 2 rings (SSSR count). The second-order valence-electron chi connectivity index (χ2n) is 7.39. The molecule has 1 saturated heterocycles. The van der Waals surface area contributed by atoms with Crippen molar-refractivity contribution in [3.8, 4) is 0 Å². The van der Waals surface area contributed by atoms with Crippen molar-refractivity contribution in [3.63, 3.8) is 0 Å². The average Bonchev–Trinajstić information content (AvgIpc) is 2.70. The zero-order valence-corrected chi connectivity index (χ0v) is 18.6. The highest BCUT2D eigenvalue weighted by Gasteiger charge is 2.21. The van der Waals surface area contributed by atoms with Crippen LogP contribution in [-0.4, -0.2) is 60.1 Å². The minimum atomic E-state index is -0.0380. The molecule has 7 heteroatoms. The Hall–Kier alpha value is -1.37. The third kappa shape index (κ3) is 7.57. The van der Waals surface area contributed by atoms with Gasteiger partial charge in [0.25, 0.3) is 0 Å². The van der Waals surface area contributed by atoms with Crippen molar-refractivity contribution >= 4 is 40.5 Å². The minimum absolute atomic E-state index is 0.0380. The number of hydrogen-bond donors (Lipinski definition) is 2. The monoisotopic (exact) mass is 424 g/mol. The molecule has 28 heavy (non-hydrogen) atoms. The number of benzene rings is 1. The average molecular weight is 425 g/mol. The smallest absolute Gasteiger partial charge is 0.238 e. The van der Waals surface area contributed by atoms with E-state index in [9.17, 15) is 4.79 Å². The van der Waals surface area contributed by atoms with Crippen LogP contribution in [0.3, 0.4) is 0 Å². The maximum absolute atomic E-state index is 12.3. The molecule has 0 unspecified atom stereocenters. The van der Waals surface area contributed by atoms with Gasteiger partial charge >= 0.3 is 0 Å². The van der Waals surface area contributed by atoms with Crippen molar-refractivity contribution in [2.24, 2.45) is 5.92 Å². The molecule has 1 atom stereocenters. The molecule has 156 valence electrons. The molecule has 2 N–H and O–H groups in total. The van der Waals surface area contributed by atoms with E-state index in [-0.39, 0.29) is 5.91 Å². The standard InChI is InChI=1S/C21H33ClN4OS/c1-3-5-8-17(4-2)15-23-21(28)26-13-11-25(12-14-26)16-20(27)24-19-10-7-6-9-18(19)22/h6-7,9-10,17H,3-5,8,11-16H2,1-2H3,(H,23,28)(H,24,27)/t17-/m0/s1. The number of hydrogen-bond acceptors (Lipinski definition) is 3. The fraction of sp³-hybridized carbons (Fsp3) is 0.619. The van der Waals surface area contributed by atoms with Gasteiger partial charge in [-0.25, -0.2) is 0 Å². The van der Waals surface area contributed by atoms with Gasteiger partial charge in [0.15, 0.2) is 5.11 Å². The minimum Gasteiger partial charge on any atom is -0.362 e. The normalized spacial score (nSPS) is 15.9. The van der Waals surface area contributed by atoms with E-state index in [2.05, 4.69) is 34.3 Å². The van der Waals surface area contributed by atoms with Crippen LogP contribution in [-0.2, 0) is 4.79 Å². The first-order chi connectivity index (χ1) is 13.5. The summed E-state index contributed by atoms with van der Waals surface area (Å²) >= 11 is 11.7. The summed E-state index contributed by atoms with van der Waals surface area (Å²) in [6, 6.07) is 7.29. The molecule has 1 aliphatic rings. The Kier molecular flexibility index (Phi) is 10.0. The quantitative estimate of drug-likeness (QED) is 0.587. The third-order valence-corrected chi connectivity index (χ3v) is 5.99. The van der Waals surface area contributed by atoms with Crippen molar-refractivity contribution in [3.05, 3.63) is 29.3 Å². The maximum atomic E-state index is 12.3. The lowest BCUT2D eigenvalue weighted by molar-refractivity contribution is -0.117. The lowest BCUT2D eigenvalue weighted by atomic mass is 9.99. The van der Waals surface area contributed by atoms with Gasteiger partial charge in [0.2, 0.25) is 5.91 Å². The highest BCUT2D eigenvalue weighted by molar-refractivity contribution is 7.80. The Morgan fingerprint density at radius 3 is 2.57 bits per heavy atom. The Balaban J connectivity index is 1.69. The summed E-state index contributed by atoms with van der Waals surface area (Å²) in [6.45, 7) is 9.14. The first-order valence-electron chi connectivity index (χ1n) is 10.3. The van der Waals surface area contributed by atoms with Gasteiger partial charge in [-0.3, -0.25) is 9.69 Å². The zero-order valence-electron chi connectivity index (χ0n) is 17.0. The highest BCUT2D eigenvalue weighted by atomic mass is 35.5. The highest BCUT2D eigenvalue weighted by Crippen LogP contribution is 2.20. The SMILES string of the molecule is CCCC[C@H](CC)CNC(=S)N1CCN(CC(=O)Nc2ccccc2Cl)CC1. The molecule has 0 spiro atoms. The van der Waals surface area contributed by atoms with E-state index >= 15 is 0 Å². The van der Waals surface area contributed by atoms with Crippen LogP contribution < -0.4 is 10.6 Å². The Morgan fingerprint density at radius 2 is 1.93 bits per heavy atom. The molecule has 0 aromatic heterocycles. The van der Waals surface area contributed by atoms with Crippen LogP contribution in [0.2, 0.25) is 5.02 Å². The number of carbonyl (C=O) groups is 1. The van der Waals surface area contributed by atoms with E-state index in [1.807, 2.05) is 18.2 Å². The number of carbonyl (C=O) groups excluding carboxylic acids is 1. The number of anilines is 1. The third-order valence-electron chi connectivity index (χ3n) is 5.26. The number of unbranched alkanes of at least 4 members (excludes halogenated alkanes) is 1. The van der Waals surface area contributed by atoms with E-state index < -0.39 is 0 Å². The van der Waals surface area contributed by atoms with E-state index in [0.717, 1.165) is 37.8 Å². The van der Waals surface area contributed by atoms with Crippen molar-refractivity contribution in [1.82, 2.24) is 15.1 Å². The van der Waals surface area contributed by atoms with Crippen LogP contribution in [0.1, 0.15) is 39.5 Å². The number of thiocarbonyl (C=S) groups is 1. The lowest BCUT2D eigenvalue weighted by Crippen LogP contribution is -2.53. The fourth-order valence-corrected chi connectivity index (χ4v) is 3.80. The molecule has 1 aromatic carbocycles. The van der Waals surface area contributed by atoms with Gasteiger partial charge in [0, 0.05) is 32.7 Å². The molecule has 1 amide bonds. The molecule has 1 aliphatic heterocycles. The first-order valence-corrected chi connectivity index (χ1v) is 11.1. The number of para-hydroxylation sites is 1. The Bertz CT molecular complexity index is 635. The largest absolute Gasteiger partial charge is 0.362 e. The molecular weight excluding hydrogens is 392 g/mol. The first kappa shape index (κ1) is 22.9. The summed E-state index contributed by atoms with van der Waals surface area (Å²) in [5.74, 6) is 0.650. The summed E-state index contributed by atoms with van der Waals surface area (Å²) in [4.78, 5) is 16.6. The van der Waals surface area contributed by atoms with E-state index in [1.54, 1.807) is 6.07 Å². The van der Waals surface area contributed by atoms with E-state index in [1.165, 1.54) is 25.7 Å². The molecule has 1 aromatic rings. The van der Waals surface area contributed by atoms with Crippen molar-refractivity contribution in [2.75, 3.05) is 44.6 Å².